The molecule has 100 valence electrons. The van der Waals surface area contributed by atoms with E-state index in [0.717, 1.165) is 14.5 Å². The maximum atomic E-state index is 13.4. The highest BCUT2D eigenvalue weighted by molar-refractivity contribution is 9.11. The molecule has 0 aliphatic rings. The lowest BCUT2D eigenvalue weighted by atomic mass is 9.98. The summed E-state index contributed by atoms with van der Waals surface area (Å²) in [5.41, 5.74) is 7.71. The number of benzene rings is 2. The van der Waals surface area contributed by atoms with Gasteiger partial charge in [0.1, 0.15) is 11.6 Å². The molecule has 0 spiro atoms. The molecule has 1 unspecified atom stereocenters. The Balaban J connectivity index is 2.51. The molecule has 5 heteroatoms. The summed E-state index contributed by atoms with van der Waals surface area (Å²) in [6.07, 6.45) is 0. The fraction of sp³-hybridized carbons (Fsp3) is 0.143. The van der Waals surface area contributed by atoms with Gasteiger partial charge in [0.15, 0.2) is 0 Å². The van der Waals surface area contributed by atoms with Crippen LogP contribution in [0.25, 0.3) is 0 Å². The Morgan fingerprint density at radius 2 is 1.84 bits per heavy atom. The van der Waals surface area contributed by atoms with Gasteiger partial charge in [-0.3, -0.25) is 0 Å². The SMILES string of the molecule is COc1ccc(F)cc1C(N)c1cc(Br)ccc1Br. The number of ether oxygens (including phenoxy) is 1. The molecule has 0 radical (unpaired) electrons. The monoisotopic (exact) mass is 387 g/mol. The van der Waals surface area contributed by atoms with Crippen LogP contribution >= 0.6 is 31.9 Å². The van der Waals surface area contributed by atoms with Gasteiger partial charge in [0.2, 0.25) is 0 Å². The van der Waals surface area contributed by atoms with Crippen LogP contribution in [-0.4, -0.2) is 7.11 Å². The van der Waals surface area contributed by atoms with Crippen LogP contribution < -0.4 is 10.5 Å². The molecule has 2 aromatic carbocycles. The molecule has 0 aromatic heterocycles. The van der Waals surface area contributed by atoms with E-state index in [-0.39, 0.29) is 5.82 Å². The van der Waals surface area contributed by atoms with E-state index in [0.29, 0.717) is 11.3 Å². The van der Waals surface area contributed by atoms with Crippen molar-refractivity contribution in [1.29, 1.82) is 0 Å². The Morgan fingerprint density at radius 1 is 1.11 bits per heavy atom. The maximum Gasteiger partial charge on any atom is 0.124 e. The van der Waals surface area contributed by atoms with Gasteiger partial charge in [-0.25, -0.2) is 4.39 Å². The van der Waals surface area contributed by atoms with Gasteiger partial charge in [0, 0.05) is 14.5 Å². The number of hydrogen-bond donors (Lipinski definition) is 1. The van der Waals surface area contributed by atoms with E-state index < -0.39 is 6.04 Å². The van der Waals surface area contributed by atoms with Crippen LogP contribution in [0.2, 0.25) is 0 Å². The molecule has 0 heterocycles. The molecule has 2 aromatic rings. The van der Waals surface area contributed by atoms with Gasteiger partial charge in [0.05, 0.1) is 13.2 Å². The lowest BCUT2D eigenvalue weighted by Crippen LogP contribution is -2.14. The van der Waals surface area contributed by atoms with Gasteiger partial charge in [-0.15, -0.1) is 0 Å². The highest BCUT2D eigenvalue weighted by Gasteiger charge is 2.17. The number of methoxy groups -OCH3 is 1. The first-order valence-electron chi connectivity index (χ1n) is 5.57. The molecule has 0 saturated heterocycles. The minimum atomic E-state index is -0.475. The molecule has 0 aliphatic carbocycles. The van der Waals surface area contributed by atoms with Crippen molar-refractivity contribution in [1.82, 2.24) is 0 Å². The number of halogens is 3. The molecule has 1 atom stereocenters. The smallest absolute Gasteiger partial charge is 0.124 e. The third-order valence-electron chi connectivity index (χ3n) is 2.82. The Bertz CT molecular complexity index is 604. The summed E-state index contributed by atoms with van der Waals surface area (Å²) in [4.78, 5) is 0. The topological polar surface area (TPSA) is 35.2 Å². The van der Waals surface area contributed by atoms with Crippen molar-refractivity contribution in [2.75, 3.05) is 7.11 Å². The number of nitrogens with two attached hydrogens (primary N) is 1. The van der Waals surface area contributed by atoms with Crippen molar-refractivity contribution in [2.24, 2.45) is 5.73 Å². The van der Waals surface area contributed by atoms with Gasteiger partial charge < -0.3 is 10.5 Å². The van der Waals surface area contributed by atoms with E-state index in [4.69, 9.17) is 10.5 Å². The standard InChI is InChI=1S/C14H12Br2FNO/c1-19-13-5-3-9(17)7-11(13)14(18)10-6-8(15)2-4-12(10)16/h2-7,14H,18H2,1H3. The summed E-state index contributed by atoms with van der Waals surface area (Å²) < 4.78 is 20.4. The van der Waals surface area contributed by atoms with Gasteiger partial charge in [-0.05, 0) is 42.0 Å². The Hall–Kier alpha value is -0.910. The lowest BCUT2D eigenvalue weighted by molar-refractivity contribution is 0.406. The zero-order valence-electron chi connectivity index (χ0n) is 10.2. The quantitative estimate of drug-likeness (QED) is 0.845. The number of hydrogen-bond acceptors (Lipinski definition) is 2. The first-order valence-corrected chi connectivity index (χ1v) is 7.15. The van der Waals surface area contributed by atoms with E-state index in [2.05, 4.69) is 31.9 Å². The summed E-state index contributed by atoms with van der Waals surface area (Å²) in [7, 11) is 1.54. The summed E-state index contributed by atoms with van der Waals surface area (Å²) in [6.45, 7) is 0. The van der Waals surface area contributed by atoms with Crippen molar-refractivity contribution < 1.29 is 9.13 Å². The maximum absolute atomic E-state index is 13.4. The zero-order chi connectivity index (χ0) is 14.0. The summed E-state index contributed by atoms with van der Waals surface area (Å²) >= 11 is 6.86. The second-order valence-corrected chi connectivity index (χ2v) is 5.80. The Morgan fingerprint density at radius 3 is 2.53 bits per heavy atom. The summed E-state index contributed by atoms with van der Waals surface area (Å²) in [5.74, 6) is 0.234. The minimum absolute atomic E-state index is 0.336. The van der Waals surface area contributed by atoms with E-state index in [9.17, 15) is 4.39 Å². The molecular weight excluding hydrogens is 377 g/mol. The fourth-order valence-corrected chi connectivity index (χ4v) is 2.74. The normalized spacial score (nSPS) is 12.3. The second-order valence-electron chi connectivity index (χ2n) is 4.03. The predicted octanol–water partition coefficient (Wildman–Crippen LogP) is 4.41. The molecule has 0 bridgehead atoms. The second kappa shape index (κ2) is 6.03. The first-order chi connectivity index (χ1) is 9.02. The van der Waals surface area contributed by atoms with Crippen molar-refractivity contribution >= 4 is 31.9 Å². The largest absolute Gasteiger partial charge is 0.496 e. The Kier molecular flexibility index (Phi) is 4.60. The fourth-order valence-electron chi connectivity index (χ4n) is 1.87. The van der Waals surface area contributed by atoms with Crippen LogP contribution in [0.15, 0.2) is 45.3 Å². The van der Waals surface area contributed by atoms with Crippen LogP contribution in [-0.2, 0) is 0 Å². The summed E-state index contributed by atoms with van der Waals surface area (Å²) in [6, 6.07) is 9.56. The zero-order valence-corrected chi connectivity index (χ0v) is 13.3. The Labute approximate surface area is 128 Å². The van der Waals surface area contributed by atoms with Crippen LogP contribution in [0.4, 0.5) is 4.39 Å². The van der Waals surface area contributed by atoms with Gasteiger partial charge in [-0.1, -0.05) is 31.9 Å². The molecule has 0 fully saturated rings. The third-order valence-corrected chi connectivity index (χ3v) is 4.04. The van der Waals surface area contributed by atoms with E-state index in [1.54, 1.807) is 13.2 Å². The molecule has 0 saturated carbocycles. The molecular formula is C14H12Br2FNO. The highest BCUT2D eigenvalue weighted by atomic mass is 79.9. The average molecular weight is 389 g/mol. The first kappa shape index (κ1) is 14.5. The number of rotatable bonds is 3. The lowest BCUT2D eigenvalue weighted by Gasteiger charge is -2.18. The van der Waals surface area contributed by atoms with E-state index in [1.165, 1.54) is 12.1 Å². The van der Waals surface area contributed by atoms with Crippen molar-refractivity contribution in [3.8, 4) is 5.75 Å². The van der Waals surface area contributed by atoms with E-state index in [1.807, 2.05) is 18.2 Å². The van der Waals surface area contributed by atoms with Gasteiger partial charge >= 0.3 is 0 Å². The summed E-state index contributed by atoms with van der Waals surface area (Å²) in [5, 5.41) is 0. The van der Waals surface area contributed by atoms with Crippen LogP contribution in [0.5, 0.6) is 5.75 Å². The molecule has 2 N–H and O–H groups in total. The highest BCUT2D eigenvalue weighted by Crippen LogP contribution is 2.34. The molecule has 0 aliphatic heterocycles. The van der Waals surface area contributed by atoms with Crippen LogP contribution in [0.1, 0.15) is 17.2 Å². The molecule has 0 amide bonds. The van der Waals surface area contributed by atoms with Crippen LogP contribution in [0, 0.1) is 5.82 Å². The predicted molar refractivity (Wildman–Crippen MR) is 80.8 cm³/mol. The minimum Gasteiger partial charge on any atom is -0.496 e. The van der Waals surface area contributed by atoms with Gasteiger partial charge in [0.25, 0.3) is 0 Å². The van der Waals surface area contributed by atoms with Crippen LogP contribution in [0.3, 0.4) is 0 Å². The van der Waals surface area contributed by atoms with E-state index >= 15 is 0 Å². The van der Waals surface area contributed by atoms with Gasteiger partial charge in [-0.2, -0.15) is 0 Å². The van der Waals surface area contributed by atoms with Crippen molar-refractivity contribution in [3.63, 3.8) is 0 Å². The molecule has 2 rings (SSSR count). The van der Waals surface area contributed by atoms with Crippen molar-refractivity contribution in [2.45, 2.75) is 6.04 Å². The average Bonchev–Trinajstić information content (AvgIpc) is 2.40. The molecule has 19 heavy (non-hydrogen) atoms. The van der Waals surface area contributed by atoms with Crippen molar-refractivity contribution in [3.05, 3.63) is 62.3 Å². The third kappa shape index (κ3) is 3.16. The molecule has 2 nitrogen and oxygen atoms in total.